The molecule has 2 rings (SSSR count). The summed E-state index contributed by atoms with van der Waals surface area (Å²) in [6, 6.07) is 0. The Bertz CT molecular complexity index is 647. The van der Waals surface area contributed by atoms with Crippen molar-refractivity contribution in [1.29, 1.82) is 0 Å². The first-order valence-electron chi connectivity index (χ1n) is 8.58. The molecule has 0 saturated carbocycles. The van der Waals surface area contributed by atoms with Crippen LogP contribution in [-0.2, 0) is 21.9 Å². The van der Waals surface area contributed by atoms with Gasteiger partial charge >= 0.3 is 0 Å². The summed E-state index contributed by atoms with van der Waals surface area (Å²) in [4.78, 5) is 18.1. The van der Waals surface area contributed by atoms with E-state index in [1.165, 1.54) is 6.20 Å². The zero-order chi connectivity index (χ0) is 18.3. The predicted molar refractivity (Wildman–Crippen MR) is 94.7 cm³/mol. The van der Waals surface area contributed by atoms with Gasteiger partial charge in [0.15, 0.2) is 5.03 Å². The summed E-state index contributed by atoms with van der Waals surface area (Å²) in [7, 11) is -1.94. The van der Waals surface area contributed by atoms with Gasteiger partial charge in [0.2, 0.25) is 5.91 Å². The Labute approximate surface area is 149 Å². The van der Waals surface area contributed by atoms with Crippen LogP contribution in [-0.4, -0.2) is 74.6 Å². The highest BCUT2D eigenvalue weighted by Crippen LogP contribution is 2.07. The number of amides is 1. The molecule has 0 unspecified atom stereocenters. The number of rotatable bonds is 9. The van der Waals surface area contributed by atoms with Crippen LogP contribution in [0.2, 0.25) is 0 Å². The fourth-order valence-electron chi connectivity index (χ4n) is 2.58. The minimum absolute atomic E-state index is 0.0241. The Kier molecular flexibility index (Phi) is 7.36. The molecule has 1 aliphatic heterocycles. The van der Waals surface area contributed by atoms with Crippen molar-refractivity contribution in [1.82, 2.24) is 29.8 Å². The van der Waals surface area contributed by atoms with Gasteiger partial charge in [-0.1, -0.05) is 0 Å². The molecule has 0 aliphatic carbocycles. The average Bonchev–Trinajstić information content (AvgIpc) is 2.92. The molecule has 2 heterocycles. The molecule has 1 saturated heterocycles. The third-order valence-electron chi connectivity index (χ3n) is 4.19. The number of piperazine rings is 1. The molecule has 9 nitrogen and oxygen atoms in total. The molecule has 0 bridgehead atoms. The molecule has 0 radical (unpaired) electrons. The molecular weight excluding hydrogens is 344 g/mol. The van der Waals surface area contributed by atoms with E-state index in [4.69, 9.17) is 0 Å². The Morgan fingerprint density at radius 2 is 2.04 bits per heavy atom. The highest BCUT2D eigenvalue weighted by atomic mass is 32.2. The Morgan fingerprint density at radius 1 is 1.32 bits per heavy atom. The monoisotopic (exact) mass is 372 g/mol. The molecule has 142 valence electrons. The van der Waals surface area contributed by atoms with Crippen LogP contribution in [0.25, 0.3) is 0 Å². The third kappa shape index (κ3) is 6.38. The second kappa shape index (κ2) is 9.27. The first-order chi connectivity index (χ1) is 11.9. The van der Waals surface area contributed by atoms with Crippen molar-refractivity contribution in [2.75, 3.05) is 45.8 Å². The predicted octanol–water partition coefficient (Wildman–Crippen LogP) is -1.19. The van der Waals surface area contributed by atoms with E-state index in [0.29, 0.717) is 12.4 Å². The van der Waals surface area contributed by atoms with Crippen molar-refractivity contribution in [3.05, 3.63) is 12.0 Å². The van der Waals surface area contributed by atoms with E-state index in [-0.39, 0.29) is 23.9 Å². The van der Waals surface area contributed by atoms with Crippen LogP contribution < -0.4 is 15.4 Å². The normalized spacial score (nSPS) is 16.1. The molecule has 0 atom stereocenters. The summed E-state index contributed by atoms with van der Waals surface area (Å²) in [5.74, 6) is 0.461. The first kappa shape index (κ1) is 19.8. The fourth-order valence-corrected chi connectivity index (χ4v) is 3.65. The summed E-state index contributed by atoms with van der Waals surface area (Å²) in [5.41, 5.74) is 0. The topological polar surface area (TPSA) is 108 Å². The Hall–Kier alpha value is -1.49. The second-order valence-electron chi connectivity index (χ2n) is 6.18. The molecule has 1 aromatic heterocycles. The van der Waals surface area contributed by atoms with Crippen molar-refractivity contribution in [2.24, 2.45) is 7.05 Å². The number of carbonyl (C=O) groups is 1. The van der Waals surface area contributed by atoms with E-state index in [9.17, 15) is 13.2 Å². The number of carbonyl (C=O) groups excluding carboxylic acids is 1. The minimum Gasteiger partial charge on any atom is -0.356 e. The lowest BCUT2D eigenvalue weighted by Gasteiger charge is -2.27. The van der Waals surface area contributed by atoms with E-state index >= 15 is 0 Å². The lowest BCUT2D eigenvalue weighted by molar-refractivity contribution is -0.120. The van der Waals surface area contributed by atoms with Crippen molar-refractivity contribution in [2.45, 2.75) is 24.8 Å². The van der Waals surface area contributed by atoms with Crippen molar-refractivity contribution >= 4 is 15.9 Å². The van der Waals surface area contributed by atoms with Gasteiger partial charge in [0.1, 0.15) is 5.82 Å². The molecule has 10 heteroatoms. The molecule has 1 aromatic rings. The van der Waals surface area contributed by atoms with Crippen LogP contribution in [0.5, 0.6) is 0 Å². The summed E-state index contributed by atoms with van der Waals surface area (Å²) in [6.07, 6.45) is 2.46. The second-order valence-corrected chi connectivity index (χ2v) is 7.89. The number of nitrogens with one attached hydrogen (secondary N) is 3. The van der Waals surface area contributed by atoms with Crippen LogP contribution in [0, 0.1) is 6.92 Å². The quantitative estimate of drug-likeness (QED) is 0.471. The van der Waals surface area contributed by atoms with Gasteiger partial charge in [-0.15, -0.1) is 0 Å². The van der Waals surface area contributed by atoms with Gasteiger partial charge in [-0.05, 0) is 19.9 Å². The molecule has 0 spiro atoms. The number of hydrogen-bond acceptors (Lipinski definition) is 6. The van der Waals surface area contributed by atoms with Gasteiger partial charge in [-0.3, -0.25) is 4.79 Å². The number of imidazole rings is 1. The smallest absolute Gasteiger partial charge is 0.259 e. The lowest BCUT2D eigenvalue weighted by Crippen LogP contribution is -2.44. The molecule has 1 aliphatic rings. The van der Waals surface area contributed by atoms with Gasteiger partial charge < -0.3 is 20.1 Å². The highest BCUT2D eigenvalue weighted by Gasteiger charge is 2.18. The molecule has 25 heavy (non-hydrogen) atoms. The Balaban J connectivity index is 1.61. The summed E-state index contributed by atoms with van der Waals surface area (Å²) in [5, 5.41) is 6.10. The van der Waals surface area contributed by atoms with E-state index in [1.807, 2.05) is 0 Å². The minimum atomic E-state index is -3.67. The van der Waals surface area contributed by atoms with Crippen LogP contribution in [0.4, 0.5) is 0 Å². The molecular formula is C15H28N6O3S. The van der Waals surface area contributed by atoms with Crippen molar-refractivity contribution < 1.29 is 13.2 Å². The van der Waals surface area contributed by atoms with Crippen LogP contribution >= 0.6 is 0 Å². The maximum atomic E-state index is 12.1. The fraction of sp³-hybridized carbons (Fsp3) is 0.733. The van der Waals surface area contributed by atoms with Gasteiger partial charge in [0.25, 0.3) is 10.0 Å². The molecule has 0 aromatic carbocycles. The van der Waals surface area contributed by atoms with E-state index < -0.39 is 10.0 Å². The molecule has 3 N–H and O–H groups in total. The number of sulfonamides is 1. The number of aromatic nitrogens is 2. The highest BCUT2D eigenvalue weighted by molar-refractivity contribution is 7.89. The zero-order valence-corrected chi connectivity index (χ0v) is 15.7. The number of nitrogens with zero attached hydrogens (tertiary/aromatic N) is 3. The molecule has 1 amide bonds. The number of aryl methyl sites for hydroxylation is 2. The SMILES string of the molecule is Cc1nc(S(=O)(=O)NCCC(=O)NCCCN2CCNCC2)cn1C. The van der Waals surface area contributed by atoms with Gasteiger partial charge in [0.05, 0.1) is 0 Å². The summed E-state index contributed by atoms with van der Waals surface area (Å²) < 4.78 is 28.2. The van der Waals surface area contributed by atoms with Gasteiger partial charge in [0, 0.05) is 58.9 Å². The maximum absolute atomic E-state index is 12.1. The summed E-state index contributed by atoms with van der Waals surface area (Å²) >= 11 is 0. The summed E-state index contributed by atoms with van der Waals surface area (Å²) in [6.45, 7) is 7.48. The van der Waals surface area contributed by atoms with E-state index in [1.54, 1.807) is 18.5 Å². The van der Waals surface area contributed by atoms with Crippen LogP contribution in [0.3, 0.4) is 0 Å². The standard InChI is InChI=1S/C15H28N6O3S/c1-13-19-15(12-20(13)2)25(23,24)18-6-4-14(22)17-5-3-9-21-10-7-16-8-11-21/h12,16,18H,3-11H2,1-2H3,(H,17,22). The average molecular weight is 372 g/mol. The Morgan fingerprint density at radius 3 is 2.68 bits per heavy atom. The maximum Gasteiger partial charge on any atom is 0.259 e. The lowest BCUT2D eigenvalue weighted by atomic mass is 10.3. The zero-order valence-electron chi connectivity index (χ0n) is 14.9. The van der Waals surface area contributed by atoms with Gasteiger partial charge in [-0.2, -0.15) is 0 Å². The van der Waals surface area contributed by atoms with Crippen LogP contribution in [0.1, 0.15) is 18.7 Å². The van der Waals surface area contributed by atoms with Crippen LogP contribution in [0.15, 0.2) is 11.2 Å². The van der Waals surface area contributed by atoms with E-state index in [0.717, 1.165) is 39.1 Å². The largest absolute Gasteiger partial charge is 0.356 e. The molecule has 1 fully saturated rings. The van der Waals surface area contributed by atoms with Gasteiger partial charge in [-0.25, -0.2) is 18.1 Å². The van der Waals surface area contributed by atoms with Crippen molar-refractivity contribution in [3.8, 4) is 0 Å². The third-order valence-corrected chi connectivity index (χ3v) is 5.52. The van der Waals surface area contributed by atoms with Crippen molar-refractivity contribution in [3.63, 3.8) is 0 Å². The first-order valence-corrected chi connectivity index (χ1v) is 10.1. The van der Waals surface area contributed by atoms with E-state index in [2.05, 4.69) is 25.2 Å². The number of hydrogen-bond donors (Lipinski definition) is 3.